The Kier molecular flexibility index (Phi) is 7.34. The van der Waals surface area contributed by atoms with Gasteiger partial charge in [0.1, 0.15) is 6.10 Å². The molecule has 2 aromatic carbocycles. The fourth-order valence-electron chi connectivity index (χ4n) is 3.69. The second-order valence-electron chi connectivity index (χ2n) is 8.16. The van der Waals surface area contributed by atoms with Gasteiger partial charge in [0.25, 0.3) is 11.4 Å². The number of hydrogen-bond acceptors (Lipinski definition) is 8. The number of carbonyl (C=O) groups is 1. The summed E-state index contributed by atoms with van der Waals surface area (Å²) in [6.45, 7) is 2.16. The van der Waals surface area contributed by atoms with E-state index in [4.69, 9.17) is 4.74 Å². The molecule has 0 unspecified atom stereocenters. The highest BCUT2D eigenvalue weighted by molar-refractivity contribution is 8.00. The fourth-order valence-corrected chi connectivity index (χ4v) is 5.10. The van der Waals surface area contributed by atoms with Crippen molar-refractivity contribution in [2.75, 3.05) is 19.0 Å². The van der Waals surface area contributed by atoms with E-state index in [0.29, 0.717) is 12.3 Å². The van der Waals surface area contributed by atoms with Crippen LogP contribution in [0.25, 0.3) is 0 Å². The molecule has 32 heavy (non-hydrogen) atoms. The number of nitrogens with zero attached hydrogens (tertiary/aromatic N) is 3. The summed E-state index contributed by atoms with van der Waals surface area (Å²) in [7, 11) is 3.94. The van der Waals surface area contributed by atoms with Crippen LogP contribution in [0.2, 0.25) is 0 Å². The van der Waals surface area contributed by atoms with Crippen LogP contribution in [0.1, 0.15) is 36.5 Å². The van der Waals surface area contributed by atoms with Crippen molar-refractivity contribution in [2.24, 2.45) is 5.92 Å². The summed E-state index contributed by atoms with van der Waals surface area (Å²) in [5.41, 5.74) is -0.143. The van der Waals surface area contributed by atoms with Gasteiger partial charge in [-0.1, -0.05) is 6.92 Å². The molecule has 0 aliphatic heterocycles. The second-order valence-corrected chi connectivity index (χ2v) is 9.47. The fraction of sp³-hybridized carbons (Fsp3) is 0.409. The van der Waals surface area contributed by atoms with Crippen LogP contribution in [0.3, 0.4) is 0 Å². The summed E-state index contributed by atoms with van der Waals surface area (Å²) < 4.78 is 5.73. The lowest BCUT2D eigenvalue weighted by Gasteiger charge is -2.34. The monoisotopic (exact) mass is 459 g/mol. The number of rotatable bonds is 7. The Hall–Kier alpha value is -3.14. The number of esters is 1. The van der Waals surface area contributed by atoms with E-state index in [-0.39, 0.29) is 10.8 Å². The number of ether oxygens (including phenoxy) is 1. The van der Waals surface area contributed by atoms with Crippen molar-refractivity contribution in [1.29, 1.82) is 0 Å². The predicted octanol–water partition coefficient (Wildman–Crippen LogP) is 5.08. The van der Waals surface area contributed by atoms with Gasteiger partial charge in [0, 0.05) is 42.1 Å². The van der Waals surface area contributed by atoms with Crippen LogP contribution in [-0.4, -0.2) is 41.3 Å². The van der Waals surface area contributed by atoms with Gasteiger partial charge in [-0.15, -0.1) is 11.8 Å². The zero-order chi connectivity index (χ0) is 23.4. The summed E-state index contributed by atoms with van der Waals surface area (Å²) in [6, 6.07) is 11.0. The van der Waals surface area contributed by atoms with E-state index in [0.717, 1.165) is 41.6 Å². The molecule has 9 nitrogen and oxygen atoms in total. The zero-order valence-electron chi connectivity index (χ0n) is 18.1. The number of carbonyl (C=O) groups excluding carboxylic acids is 1. The third kappa shape index (κ3) is 5.76. The number of non-ortho nitro benzene ring substituents is 2. The number of thioether (sulfide) groups is 1. The Morgan fingerprint density at radius 3 is 2.16 bits per heavy atom. The SMILES string of the molecule is C[C@H]1CC[C@@H](OC(=O)c2cc([N+](=O)[O-])cc([N+](=O)[O-])c2)[C@H](Sc2ccc(N(C)C)cc2)C1. The largest absolute Gasteiger partial charge is 0.458 e. The molecule has 1 saturated carbocycles. The first-order valence-corrected chi connectivity index (χ1v) is 11.1. The van der Waals surface area contributed by atoms with Crippen LogP contribution in [0.5, 0.6) is 0 Å². The number of benzene rings is 2. The molecular formula is C22H25N3O6S. The maximum Gasteiger partial charge on any atom is 0.338 e. The Balaban J connectivity index is 1.78. The number of nitro benzene ring substituents is 2. The van der Waals surface area contributed by atoms with Crippen molar-refractivity contribution in [3.8, 4) is 0 Å². The normalized spacial score (nSPS) is 20.4. The third-order valence-electron chi connectivity index (χ3n) is 5.45. The summed E-state index contributed by atoms with van der Waals surface area (Å²) >= 11 is 1.64. The van der Waals surface area contributed by atoms with E-state index in [1.165, 1.54) is 0 Å². The van der Waals surface area contributed by atoms with Crippen molar-refractivity contribution < 1.29 is 19.4 Å². The van der Waals surface area contributed by atoms with Gasteiger partial charge in [0.2, 0.25) is 0 Å². The maximum absolute atomic E-state index is 12.8. The number of anilines is 1. The van der Waals surface area contributed by atoms with E-state index >= 15 is 0 Å². The Bertz CT molecular complexity index is 979. The van der Waals surface area contributed by atoms with E-state index in [1.54, 1.807) is 11.8 Å². The third-order valence-corrected chi connectivity index (χ3v) is 6.80. The molecule has 0 spiro atoms. The number of hydrogen-bond donors (Lipinski definition) is 0. The van der Waals surface area contributed by atoms with Gasteiger partial charge >= 0.3 is 5.97 Å². The van der Waals surface area contributed by atoms with Gasteiger partial charge in [-0.3, -0.25) is 20.2 Å². The van der Waals surface area contributed by atoms with E-state index in [1.807, 2.05) is 43.3 Å². The minimum absolute atomic E-state index is 0.0154. The molecule has 0 radical (unpaired) electrons. The van der Waals surface area contributed by atoms with Crippen molar-refractivity contribution in [2.45, 2.75) is 42.4 Å². The van der Waals surface area contributed by atoms with Crippen LogP contribution in [0.4, 0.5) is 17.1 Å². The summed E-state index contributed by atoms with van der Waals surface area (Å²) in [6.07, 6.45) is 2.02. The van der Waals surface area contributed by atoms with E-state index < -0.39 is 33.3 Å². The highest BCUT2D eigenvalue weighted by Crippen LogP contribution is 2.38. The molecular weight excluding hydrogens is 434 g/mol. The van der Waals surface area contributed by atoms with Crippen LogP contribution < -0.4 is 4.90 Å². The van der Waals surface area contributed by atoms with Gasteiger partial charge < -0.3 is 9.64 Å². The van der Waals surface area contributed by atoms with Crippen molar-refractivity contribution >= 4 is 34.8 Å². The molecule has 0 aromatic heterocycles. The first kappa shape index (κ1) is 23.5. The van der Waals surface area contributed by atoms with Crippen LogP contribution in [-0.2, 0) is 4.74 Å². The number of nitro groups is 2. The van der Waals surface area contributed by atoms with Crippen LogP contribution in [0.15, 0.2) is 47.4 Å². The first-order chi connectivity index (χ1) is 15.1. The molecule has 1 aliphatic rings. The standard InChI is InChI=1S/C22H25N3O6S/c1-14-4-9-20(21(10-14)32-19-7-5-16(6-8-19)23(2)3)31-22(26)15-11-17(24(27)28)13-18(12-15)25(29)30/h5-8,11-14,20-21H,4,9-10H2,1-3H3/t14-,20+,21+/m0/s1. The second kappa shape index (κ2) is 9.99. The molecule has 3 rings (SSSR count). The Morgan fingerprint density at radius 2 is 1.62 bits per heavy atom. The molecule has 0 saturated heterocycles. The maximum atomic E-state index is 12.8. The highest BCUT2D eigenvalue weighted by atomic mass is 32.2. The molecule has 0 bridgehead atoms. The lowest BCUT2D eigenvalue weighted by Crippen LogP contribution is -2.35. The Labute approximate surface area is 190 Å². The van der Waals surface area contributed by atoms with E-state index in [2.05, 4.69) is 6.92 Å². The molecule has 3 atom stereocenters. The molecule has 0 heterocycles. The molecule has 0 N–H and O–H groups in total. The first-order valence-electron chi connectivity index (χ1n) is 10.2. The average molecular weight is 460 g/mol. The summed E-state index contributed by atoms with van der Waals surface area (Å²) in [4.78, 5) is 36.6. The van der Waals surface area contributed by atoms with Gasteiger partial charge in [-0.25, -0.2) is 4.79 Å². The quantitative estimate of drug-likeness (QED) is 0.320. The van der Waals surface area contributed by atoms with Crippen molar-refractivity contribution in [3.63, 3.8) is 0 Å². The van der Waals surface area contributed by atoms with Gasteiger partial charge in [-0.2, -0.15) is 0 Å². The molecule has 10 heteroatoms. The lowest BCUT2D eigenvalue weighted by atomic mass is 9.88. The van der Waals surface area contributed by atoms with Crippen LogP contribution in [0, 0.1) is 26.1 Å². The molecule has 1 fully saturated rings. The minimum Gasteiger partial charge on any atom is -0.458 e. The Morgan fingerprint density at radius 1 is 1.03 bits per heavy atom. The molecule has 0 amide bonds. The summed E-state index contributed by atoms with van der Waals surface area (Å²) in [5, 5.41) is 22.3. The highest BCUT2D eigenvalue weighted by Gasteiger charge is 2.33. The van der Waals surface area contributed by atoms with Gasteiger partial charge in [0.05, 0.1) is 21.5 Å². The van der Waals surface area contributed by atoms with Crippen molar-refractivity contribution in [1.82, 2.24) is 0 Å². The van der Waals surface area contributed by atoms with Crippen molar-refractivity contribution in [3.05, 3.63) is 68.3 Å². The molecule has 170 valence electrons. The topological polar surface area (TPSA) is 116 Å². The zero-order valence-corrected chi connectivity index (χ0v) is 18.9. The van der Waals surface area contributed by atoms with Gasteiger partial charge in [-0.05, 0) is 49.4 Å². The predicted molar refractivity (Wildman–Crippen MR) is 122 cm³/mol. The molecule has 2 aromatic rings. The smallest absolute Gasteiger partial charge is 0.338 e. The molecule has 1 aliphatic carbocycles. The van der Waals surface area contributed by atoms with E-state index in [9.17, 15) is 25.0 Å². The average Bonchev–Trinajstić information content (AvgIpc) is 2.75. The minimum atomic E-state index is -0.787. The lowest BCUT2D eigenvalue weighted by molar-refractivity contribution is -0.394. The summed E-state index contributed by atoms with van der Waals surface area (Å²) in [5.74, 6) is -0.313. The van der Waals surface area contributed by atoms with Gasteiger partial charge in [0.15, 0.2) is 0 Å². The van der Waals surface area contributed by atoms with Crippen LogP contribution >= 0.6 is 11.8 Å².